The first-order valence-corrected chi connectivity index (χ1v) is 9.35. The van der Waals surface area contributed by atoms with Crippen molar-refractivity contribution in [3.63, 3.8) is 0 Å². The Morgan fingerprint density at radius 1 is 1.21 bits per heavy atom. The standard InChI is InChI=1S/C20H25FN6O/c1-3-16(28-17-8-6-7-15(21)13-17)14-24-20(22-2)23-11-10-19-26-25-18-9-4-5-12-27(18)19/h4-9,12-13,16H,3,10-11,14H2,1-2H3,(H2,22,23,24). The zero-order valence-corrected chi connectivity index (χ0v) is 16.1. The molecule has 1 atom stereocenters. The van der Waals surface area contributed by atoms with Gasteiger partial charge in [0.1, 0.15) is 23.5 Å². The highest BCUT2D eigenvalue weighted by Gasteiger charge is 2.10. The van der Waals surface area contributed by atoms with Gasteiger partial charge in [-0.05, 0) is 30.7 Å². The molecule has 0 spiro atoms. The fourth-order valence-corrected chi connectivity index (χ4v) is 2.79. The summed E-state index contributed by atoms with van der Waals surface area (Å²) in [6.45, 7) is 3.25. The van der Waals surface area contributed by atoms with Crippen molar-refractivity contribution in [1.29, 1.82) is 0 Å². The van der Waals surface area contributed by atoms with Gasteiger partial charge in [-0.15, -0.1) is 10.2 Å². The molecule has 3 aromatic rings. The summed E-state index contributed by atoms with van der Waals surface area (Å²) in [5.41, 5.74) is 0.834. The Kier molecular flexibility index (Phi) is 6.78. The highest BCUT2D eigenvalue weighted by atomic mass is 19.1. The number of pyridine rings is 1. The second kappa shape index (κ2) is 9.68. The molecule has 2 aromatic heterocycles. The maximum atomic E-state index is 13.3. The lowest BCUT2D eigenvalue weighted by atomic mass is 10.2. The first-order valence-electron chi connectivity index (χ1n) is 9.35. The first kappa shape index (κ1) is 19.6. The van der Waals surface area contributed by atoms with Crippen LogP contribution in [0.5, 0.6) is 5.75 Å². The normalized spacial score (nSPS) is 12.8. The molecule has 0 aliphatic carbocycles. The van der Waals surface area contributed by atoms with Gasteiger partial charge in [0.25, 0.3) is 0 Å². The van der Waals surface area contributed by atoms with Gasteiger partial charge in [0, 0.05) is 32.3 Å². The van der Waals surface area contributed by atoms with Crippen molar-refractivity contribution in [3.8, 4) is 5.75 Å². The van der Waals surface area contributed by atoms with Gasteiger partial charge < -0.3 is 15.4 Å². The van der Waals surface area contributed by atoms with Gasteiger partial charge in [-0.3, -0.25) is 9.39 Å². The Balaban J connectivity index is 1.47. The number of fused-ring (bicyclic) bond motifs is 1. The molecule has 2 N–H and O–H groups in total. The monoisotopic (exact) mass is 384 g/mol. The van der Waals surface area contributed by atoms with Gasteiger partial charge in [0.15, 0.2) is 11.6 Å². The topological polar surface area (TPSA) is 75.8 Å². The van der Waals surface area contributed by atoms with Crippen LogP contribution >= 0.6 is 0 Å². The number of aromatic nitrogens is 3. The molecule has 3 rings (SSSR count). The summed E-state index contributed by atoms with van der Waals surface area (Å²) in [7, 11) is 1.72. The first-order chi connectivity index (χ1) is 13.7. The summed E-state index contributed by atoms with van der Waals surface area (Å²) in [6.07, 6.45) is 3.35. The van der Waals surface area contributed by atoms with E-state index in [9.17, 15) is 4.39 Å². The second-order valence-electron chi connectivity index (χ2n) is 6.28. The van der Waals surface area contributed by atoms with Crippen molar-refractivity contribution in [2.24, 2.45) is 4.99 Å². The molecule has 28 heavy (non-hydrogen) atoms. The number of aliphatic imine (C=N–C) groups is 1. The molecule has 7 nitrogen and oxygen atoms in total. The van der Waals surface area contributed by atoms with E-state index in [-0.39, 0.29) is 11.9 Å². The predicted octanol–water partition coefficient (Wildman–Crippen LogP) is 2.43. The molecule has 8 heteroatoms. The number of ether oxygens (including phenoxy) is 1. The van der Waals surface area contributed by atoms with Crippen molar-refractivity contribution in [2.45, 2.75) is 25.9 Å². The van der Waals surface area contributed by atoms with Crippen molar-refractivity contribution >= 4 is 11.6 Å². The number of hydrogen-bond donors (Lipinski definition) is 2. The van der Waals surface area contributed by atoms with Crippen LogP contribution in [0.25, 0.3) is 5.65 Å². The van der Waals surface area contributed by atoms with E-state index in [2.05, 4.69) is 25.8 Å². The van der Waals surface area contributed by atoms with Crippen LogP contribution in [0.1, 0.15) is 19.2 Å². The van der Waals surface area contributed by atoms with Crippen LogP contribution in [0.4, 0.5) is 4.39 Å². The lowest BCUT2D eigenvalue weighted by Crippen LogP contribution is -2.43. The number of nitrogens with one attached hydrogen (secondary N) is 2. The average molecular weight is 384 g/mol. The lowest BCUT2D eigenvalue weighted by Gasteiger charge is -2.20. The highest BCUT2D eigenvalue weighted by Crippen LogP contribution is 2.14. The van der Waals surface area contributed by atoms with Crippen LogP contribution in [0, 0.1) is 5.82 Å². The summed E-state index contributed by atoms with van der Waals surface area (Å²) in [5.74, 6) is 1.78. The molecule has 0 saturated heterocycles. The van der Waals surface area contributed by atoms with E-state index in [4.69, 9.17) is 4.74 Å². The maximum absolute atomic E-state index is 13.3. The third kappa shape index (κ3) is 5.18. The van der Waals surface area contributed by atoms with Crippen LogP contribution in [0.15, 0.2) is 53.7 Å². The molecular formula is C20H25FN6O. The molecule has 0 radical (unpaired) electrons. The van der Waals surface area contributed by atoms with Crippen molar-refractivity contribution in [1.82, 2.24) is 25.2 Å². The minimum Gasteiger partial charge on any atom is -0.489 e. The molecule has 0 saturated carbocycles. The summed E-state index contributed by atoms with van der Waals surface area (Å²) in [5, 5.41) is 14.9. The Morgan fingerprint density at radius 3 is 2.89 bits per heavy atom. The Morgan fingerprint density at radius 2 is 2.11 bits per heavy atom. The molecule has 148 valence electrons. The second-order valence-corrected chi connectivity index (χ2v) is 6.28. The van der Waals surface area contributed by atoms with E-state index < -0.39 is 0 Å². The minimum absolute atomic E-state index is 0.0965. The van der Waals surface area contributed by atoms with E-state index in [1.165, 1.54) is 12.1 Å². The minimum atomic E-state index is -0.307. The molecule has 0 fully saturated rings. The molecule has 0 aliphatic rings. The number of benzene rings is 1. The zero-order valence-electron chi connectivity index (χ0n) is 16.1. The van der Waals surface area contributed by atoms with Gasteiger partial charge in [-0.2, -0.15) is 0 Å². The number of nitrogens with zero attached hydrogens (tertiary/aromatic N) is 4. The number of hydrogen-bond acceptors (Lipinski definition) is 4. The average Bonchev–Trinajstić information content (AvgIpc) is 3.12. The van der Waals surface area contributed by atoms with Gasteiger partial charge in [-0.25, -0.2) is 4.39 Å². The van der Waals surface area contributed by atoms with Gasteiger partial charge >= 0.3 is 0 Å². The third-order valence-corrected chi connectivity index (χ3v) is 4.30. The number of guanidine groups is 1. The van der Waals surface area contributed by atoms with Crippen molar-refractivity contribution in [2.75, 3.05) is 20.1 Å². The smallest absolute Gasteiger partial charge is 0.191 e. The van der Waals surface area contributed by atoms with Crippen LogP contribution in [-0.4, -0.2) is 46.8 Å². The van der Waals surface area contributed by atoms with Crippen LogP contribution in [-0.2, 0) is 6.42 Å². The molecular weight excluding hydrogens is 359 g/mol. The van der Waals surface area contributed by atoms with Crippen molar-refractivity contribution < 1.29 is 9.13 Å². The summed E-state index contributed by atoms with van der Waals surface area (Å²) in [4.78, 5) is 4.23. The largest absolute Gasteiger partial charge is 0.489 e. The SMILES string of the molecule is CCC(CNC(=NC)NCCc1nnc2ccccn12)Oc1cccc(F)c1. The fourth-order valence-electron chi connectivity index (χ4n) is 2.79. The van der Waals surface area contributed by atoms with E-state index >= 15 is 0 Å². The van der Waals surface area contributed by atoms with Gasteiger partial charge in [0.05, 0.1) is 6.54 Å². The molecule has 1 aromatic carbocycles. The van der Waals surface area contributed by atoms with Crippen LogP contribution in [0.2, 0.25) is 0 Å². The van der Waals surface area contributed by atoms with Crippen LogP contribution < -0.4 is 15.4 Å². The number of halogens is 1. The molecule has 0 aliphatic heterocycles. The van der Waals surface area contributed by atoms with Gasteiger partial charge in [-0.1, -0.05) is 19.1 Å². The summed E-state index contributed by atoms with van der Waals surface area (Å²) in [6, 6.07) is 12.0. The van der Waals surface area contributed by atoms with E-state index in [1.54, 1.807) is 19.2 Å². The molecule has 0 amide bonds. The predicted molar refractivity (Wildman–Crippen MR) is 107 cm³/mol. The van der Waals surface area contributed by atoms with Crippen molar-refractivity contribution in [3.05, 3.63) is 60.3 Å². The Bertz CT molecular complexity index is 926. The maximum Gasteiger partial charge on any atom is 0.191 e. The fraction of sp³-hybridized carbons (Fsp3) is 0.350. The Labute approximate surface area is 163 Å². The summed E-state index contributed by atoms with van der Waals surface area (Å²) < 4.78 is 21.1. The molecule has 1 unspecified atom stereocenters. The summed E-state index contributed by atoms with van der Waals surface area (Å²) >= 11 is 0. The third-order valence-electron chi connectivity index (χ3n) is 4.30. The number of rotatable bonds is 8. The highest BCUT2D eigenvalue weighted by molar-refractivity contribution is 5.79. The van der Waals surface area contributed by atoms with E-state index in [0.717, 1.165) is 17.9 Å². The van der Waals surface area contributed by atoms with Crippen LogP contribution in [0.3, 0.4) is 0 Å². The van der Waals surface area contributed by atoms with E-state index in [1.807, 2.05) is 35.7 Å². The molecule has 2 heterocycles. The zero-order chi connectivity index (χ0) is 19.8. The van der Waals surface area contributed by atoms with Gasteiger partial charge in [0.2, 0.25) is 0 Å². The quantitative estimate of drug-likeness (QED) is 0.461. The Hall–Kier alpha value is -3.16. The van der Waals surface area contributed by atoms with E-state index in [0.29, 0.717) is 31.2 Å². The molecule has 0 bridgehead atoms. The lowest BCUT2D eigenvalue weighted by molar-refractivity contribution is 0.199.